The molecule has 3 nitrogen and oxygen atoms in total. The molecule has 0 amide bonds. The molecule has 0 radical (unpaired) electrons. The molecule has 5 aromatic rings. The Bertz CT molecular complexity index is 1520. The third-order valence-corrected chi connectivity index (χ3v) is 5.98. The Kier molecular flexibility index (Phi) is 4.38. The molecule has 5 rings (SSSR count). The number of nitriles is 1. The highest BCUT2D eigenvalue weighted by atomic mass is 16.3. The van der Waals surface area contributed by atoms with Gasteiger partial charge in [0, 0.05) is 28.0 Å². The van der Waals surface area contributed by atoms with Crippen molar-refractivity contribution in [3.05, 3.63) is 89.1 Å². The number of furan rings is 1. The Balaban J connectivity index is 1.89. The van der Waals surface area contributed by atoms with Crippen molar-refractivity contribution >= 4 is 21.9 Å². The Morgan fingerprint density at radius 1 is 0.806 bits per heavy atom. The van der Waals surface area contributed by atoms with Gasteiger partial charge >= 0.3 is 0 Å². The van der Waals surface area contributed by atoms with Crippen LogP contribution >= 0.6 is 0 Å². The van der Waals surface area contributed by atoms with E-state index in [-0.39, 0.29) is 0 Å². The second kappa shape index (κ2) is 7.11. The van der Waals surface area contributed by atoms with E-state index in [0.29, 0.717) is 5.56 Å². The number of hydrogen-bond donors (Lipinski definition) is 0. The SMILES string of the molecule is Cc1ccc(-c2cc(C#N)cc3c2oc2c(-c4ccc(C)c[n+]4C)c(C)ccc23)cc1. The fourth-order valence-corrected chi connectivity index (χ4v) is 4.38. The molecule has 0 aliphatic rings. The van der Waals surface area contributed by atoms with Gasteiger partial charge in [0.1, 0.15) is 18.2 Å². The second-order valence-corrected chi connectivity index (χ2v) is 8.32. The summed E-state index contributed by atoms with van der Waals surface area (Å²) >= 11 is 0. The van der Waals surface area contributed by atoms with Crippen LogP contribution in [0.15, 0.2) is 71.3 Å². The van der Waals surface area contributed by atoms with E-state index in [0.717, 1.165) is 49.9 Å². The van der Waals surface area contributed by atoms with E-state index < -0.39 is 0 Å². The smallest absolute Gasteiger partial charge is 0.216 e. The first-order valence-electron chi connectivity index (χ1n) is 10.4. The Hall–Kier alpha value is -3.90. The van der Waals surface area contributed by atoms with Gasteiger partial charge in [0.2, 0.25) is 5.69 Å². The maximum Gasteiger partial charge on any atom is 0.216 e. The molecule has 0 aliphatic heterocycles. The Labute approximate surface area is 181 Å². The molecule has 2 aromatic heterocycles. The van der Waals surface area contributed by atoms with E-state index in [1.54, 1.807) is 0 Å². The van der Waals surface area contributed by atoms with E-state index in [1.165, 1.54) is 11.1 Å². The first-order chi connectivity index (χ1) is 15.0. The number of aryl methyl sites for hydroxylation is 4. The molecule has 0 aliphatic carbocycles. The highest BCUT2D eigenvalue weighted by molar-refractivity contribution is 6.13. The van der Waals surface area contributed by atoms with Gasteiger partial charge in [-0.3, -0.25) is 0 Å². The van der Waals surface area contributed by atoms with Crippen molar-refractivity contribution in [2.24, 2.45) is 7.05 Å². The molecular weight excluding hydrogens is 380 g/mol. The van der Waals surface area contributed by atoms with Crippen LogP contribution in [0.4, 0.5) is 0 Å². The van der Waals surface area contributed by atoms with Gasteiger partial charge in [-0.05, 0) is 50.1 Å². The molecule has 31 heavy (non-hydrogen) atoms. The minimum absolute atomic E-state index is 0.633. The van der Waals surface area contributed by atoms with Gasteiger partial charge in [-0.2, -0.15) is 5.26 Å². The molecule has 3 aromatic carbocycles. The minimum Gasteiger partial charge on any atom is -0.454 e. The fraction of sp³-hybridized carbons (Fsp3) is 0.143. The second-order valence-electron chi connectivity index (χ2n) is 8.32. The van der Waals surface area contributed by atoms with E-state index in [2.05, 4.69) is 93.2 Å². The molecule has 2 heterocycles. The van der Waals surface area contributed by atoms with Crippen molar-refractivity contribution in [3.8, 4) is 28.5 Å². The summed E-state index contributed by atoms with van der Waals surface area (Å²) in [6, 6.07) is 23.0. The maximum atomic E-state index is 9.68. The fourth-order valence-electron chi connectivity index (χ4n) is 4.38. The molecule has 0 fully saturated rings. The highest BCUT2D eigenvalue weighted by Crippen LogP contribution is 2.41. The van der Waals surface area contributed by atoms with Crippen LogP contribution in [-0.2, 0) is 7.05 Å². The number of nitrogens with zero attached hydrogens (tertiary/aromatic N) is 2. The van der Waals surface area contributed by atoms with Crippen molar-refractivity contribution < 1.29 is 8.98 Å². The predicted molar refractivity (Wildman–Crippen MR) is 125 cm³/mol. The van der Waals surface area contributed by atoms with Gasteiger partial charge in [0.05, 0.1) is 17.2 Å². The summed E-state index contributed by atoms with van der Waals surface area (Å²) in [6.45, 7) is 6.28. The lowest BCUT2D eigenvalue weighted by molar-refractivity contribution is -0.660. The number of aromatic nitrogens is 1. The lowest BCUT2D eigenvalue weighted by Gasteiger charge is -2.06. The van der Waals surface area contributed by atoms with E-state index in [1.807, 2.05) is 12.1 Å². The van der Waals surface area contributed by atoms with Gasteiger partial charge in [0.15, 0.2) is 6.20 Å². The zero-order chi connectivity index (χ0) is 21.7. The molecule has 3 heteroatoms. The summed E-state index contributed by atoms with van der Waals surface area (Å²) in [4.78, 5) is 0. The maximum absolute atomic E-state index is 9.68. The number of fused-ring (bicyclic) bond motifs is 3. The van der Waals surface area contributed by atoms with Gasteiger partial charge in [-0.25, -0.2) is 4.57 Å². The number of pyridine rings is 1. The largest absolute Gasteiger partial charge is 0.454 e. The molecule has 0 saturated carbocycles. The molecule has 0 saturated heterocycles. The normalized spacial score (nSPS) is 11.2. The lowest BCUT2D eigenvalue weighted by atomic mass is 9.97. The molecule has 150 valence electrons. The third kappa shape index (κ3) is 3.08. The number of benzene rings is 3. The molecule has 0 bridgehead atoms. The predicted octanol–water partition coefficient (Wildman–Crippen LogP) is 6.54. The minimum atomic E-state index is 0.633. The third-order valence-electron chi connectivity index (χ3n) is 5.98. The van der Waals surface area contributed by atoms with Crippen molar-refractivity contribution in [2.45, 2.75) is 20.8 Å². The zero-order valence-electron chi connectivity index (χ0n) is 18.2. The van der Waals surface area contributed by atoms with Crippen LogP contribution in [0.2, 0.25) is 0 Å². The molecule has 0 N–H and O–H groups in total. The van der Waals surface area contributed by atoms with Crippen LogP contribution in [0.5, 0.6) is 0 Å². The molecular formula is C28H23N2O+. The van der Waals surface area contributed by atoms with Crippen LogP contribution in [0, 0.1) is 32.1 Å². The average Bonchev–Trinajstić information content (AvgIpc) is 3.13. The summed E-state index contributed by atoms with van der Waals surface area (Å²) in [6.07, 6.45) is 2.13. The zero-order valence-corrected chi connectivity index (χ0v) is 18.2. The monoisotopic (exact) mass is 403 g/mol. The van der Waals surface area contributed by atoms with Gasteiger partial charge in [-0.1, -0.05) is 42.0 Å². The van der Waals surface area contributed by atoms with Crippen LogP contribution in [0.1, 0.15) is 22.3 Å². The van der Waals surface area contributed by atoms with Crippen molar-refractivity contribution in [1.29, 1.82) is 5.26 Å². The van der Waals surface area contributed by atoms with Crippen molar-refractivity contribution in [2.75, 3.05) is 0 Å². The molecule has 0 spiro atoms. The quantitative estimate of drug-likeness (QED) is 0.314. The van der Waals surface area contributed by atoms with Crippen LogP contribution in [0.3, 0.4) is 0 Å². The van der Waals surface area contributed by atoms with Gasteiger partial charge in [-0.15, -0.1) is 0 Å². The summed E-state index contributed by atoms with van der Waals surface area (Å²) < 4.78 is 8.74. The molecule has 0 unspecified atom stereocenters. The highest BCUT2D eigenvalue weighted by Gasteiger charge is 2.22. The van der Waals surface area contributed by atoms with Crippen LogP contribution in [0.25, 0.3) is 44.3 Å². The standard InChI is InChI=1S/C28H23N2O/c1-17-5-9-21(10-6-17)23-13-20(15-29)14-24-22-11-8-19(3)26(28(22)31-27(23)24)25-12-7-18(2)16-30(25)4/h5-14,16H,1-4H3/q+1. The number of hydrogen-bond acceptors (Lipinski definition) is 2. The van der Waals surface area contributed by atoms with E-state index in [9.17, 15) is 5.26 Å². The average molecular weight is 404 g/mol. The summed E-state index contributed by atoms with van der Waals surface area (Å²) in [5.74, 6) is 0. The summed E-state index contributed by atoms with van der Waals surface area (Å²) in [5, 5.41) is 11.7. The Morgan fingerprint density at radius 2 is 1.55 bits per heavy atom. The van der Waals surface area contributed by atoms with E-state index >= 15 is 0 Å². The van der Waals surface area contributed by atoms with Gasteiger partial charge in [0.25, 0.3) is 0 Å². The summed E-state index contributed by atoms with van der Waals surface area (Å²) in [7, 11) is 2.06. The first kappa shape index (κ1) is 19.1. The first-order valence-corrected chi connectivity index (χ1v) is 10.4. The van der Waals surface area contributed by atoms with Crippen molar-refractivity contribution in [1.82, 2.24) is 0 Å². The number of rotatable bonds is 2. The van der Waals surface area contributed by atoms with Crippen molar-refractivity contribution in [3.63, 3.8) is 0 Å². The topological polar surface area (TPSA) is 40.8 Å². The lowest BCUT2D eigenvalue weighted by Crippen LogP contribution is -2.31. The summed E-state index contributed by atoms with van der Waals surface area (Å²) in [5.41, 5.74) is 10.1. The van der Waals surface area contributed by atoms with Crippen LogP contribution < -0.4 is 4.57 Å². The van der Waals surface area contributed by atoms with Gasteiger partial charge < -0.3 is 4.42 Å². The van der Waals surface area contributed by atoms with Crippen LogP contribution in [-0.4, -0.2) is 0 Å². The van der Waals surface area contributed by atoms with E-state index in [4.69, 9.17) is 4.42 Å². The Morgan fingerprint density at radius 3 is 2.26 bits per heavy atom. The molecule has 0 atom stereocenters.